The topological polar surface area (TPSA) is 74.6 Å². The summed E-state index contributed by atoms with van der Waals surface area (Å²) in [6.07, 6.45) is 4.50. The van der Waals surface area contributed by atoms with Crippen LogP contribution in [0.4, 0.5) is 0 Å². The van der Waals surface area contributed by atoms with E-state index >= 15 is 0 Å². The summed E-state index contributed by atoms with van der Waals surface area (Å²) in [6, 6.07) is 12.3. The molecule has 0 saturated carbocycles. The monoisotopic (exact) mass is 369 g/mol. The smallest absolute Gasteiger partial charge is 0.271 e. The number of nitrogens with one attached hydrogen (secondary N) is 1. The molecule has 0 fully saturated rings. The lowest BCUT2D eigenvalue weighted by Crippen LogP contribution is -2.17. The average molecular weight is 370 g/mol. The van der Waals surface area contributed by atoms with Crippen LogP contribution in [-0.2, 0) is 0 Å². The van der Waals surface area contributed by atoms with E-state index in [4.69, 9.17) is 0 Å². The fraction of sp³-hybridized carbons (Fsp3) is 0. The van der Waals surface area contributed by atoms with Crippen LogP contribution >= 0.6 is 15.9 Å². The van der Waals surface area contributed by atoms with Crippen molar-refractivity contribution in [3.63, 3.8) is 0 Å². The van der Waals surface area contributed by atoms with Gasteiger partial charge in [-0.3, -0.25) is 9.78 Å². The Morgan fingerprint density at radius 2 is 1.96 bits per heavy atom. The van der Waals surface area contributed by atoms with E-state index < -0.39 is 0 Å². The van der Waals surface area contributed by atoms with Gasteiger partial charge in [-0.1, -0.05) is 28.1 Å². The summed E-state index contributed by atoms with van der Waals surface area (Å²) in [6.45, 7) is 0. The van der Waals surface area contributed by atoms with Gasteiger partial charge in [0.2, 0.25) is 0 Å². The molecule has 0 bridgehead atoms. The van der Waals surface area contributed by atoms with Crippen LogP contribution in [0.15, 0.2) is 64.4 Å². The molecule has 0 aliphatic rings. The molecule has 0 saturated heterocycles. The zero-order valence-corrected chi connectivity index (χ0v) is 13.5. The lowest BCUT2D eigenvalue weighted by molar-refractivity contribution is 0.0955. The number of carbonyl (C=O) groups excluding carboxylic acids is 1. The Balaban J connectivity index is 1.86. The van der Waals surface area contributed by atoms with E-state index in [1.54, 1.807) is 18.2 Å². The number of aromatic hydroxyl groups is 1. The Morgan fingerprint density at radius 1 is 1.17 bits per heavy atom. The predicted octanol–water partition coefficient (Wildman–Crippen LogP) is 3.47. The second-order valence-corrected chi connectivity index (χ2v) is 5.71. The first kappa shape index (κ1) is 15.2. The van der Waals surface area contributed by atoms with E-state index in [0.29, 0.717) is 11.1 Å². The highest BCUT2D eigenvalue weighted by atomic mass is 79.9. The highest BCUT2D eigenvalue weighted by molar-refractivity contribution is 9.10. The number of phenols is 1. The first-order chi connectivity index (χ1) is 11.1. The summed E-state index contributed by atoms with van der Waals surface area (Å²) >= 11 is 3.41. The van der Waals surface area contributed by atoms with Gasteiger partial charge in [-0.2, -0.15) is 5.10 Å². The molecule has 2 N–H and O–H groups in total. The highest BCUT2D eigenvalue weighted by Crippen LogP contribution is 2.27. The molecule has 0 radical (unpaired) electrons. The Labute approximate surface area is 140 Å². The minimum absolute atomic E-state index is 0.0988. The van der Waals surface area contributed by atoms with Crippen LogP contribution in [0.2, 0.25) is 0 Å². The summed E-state index contributed by atoms with van der Waals surface area (Å²) in [5.41, 5.74) is 3.44. The van der Waals surface area contributed by atoms with Gasteiger partial charge in [0.15, 0.2) is 0 Å². The molecule has 23 heavy (non-hydrogen) atoms. The number of halogens is 1. The Hall–Kier alpha value is -2.73. The van der Waals surface area contributed by atoms with Crippen molar-refractivity contribution in [3.8, 4) is 5.75 Å². The second kappa shape index (κ2) is 6.58. The Kier molecular flexibility index (Phi) is 4.34. The van der Waals surface area contributed by atoms with E-state index in [-0.39, 0.29) is 11.7 Å². The molecule has 6 heteroatoms. The van der Waals surface area contributed by atoms with Crippen LogP contribution in [0.1, 0.15) is 15.9 Å². The third-order valence-electron chi connectivity index (χ3n) is 3.30. The van der Waals surface area contributed by atoms with Crippen molar-refractivity contribution in [3.05, 3.63) is 70.5 Å². The number of rotatable bonds is 3. The quantitative estimate of drug-likeness (QED) is 0.548. The van der Waals surface area contributed by atoms with Gasteiger partial charge in [0.1, 0.15) is 5.75 Å². The van der Waals surface area contributed by atoms with Gasteiger partial charge in [0.05, 0.1) is 6.21 Å². The number of hydrazone groups is 1. The standard InChI is InChI=1S/C17H12BrN3O2/c18-13-2-3-14-12(9-13)1-4-16(22)15(14)10-20-21-17(23)11-5-7-19-8-6-11/h1-10,22H,(H,21,23)/b20-10-. The van der Waals surface area contributed by atoms with Crippen LogP contribution < -0.4 is 5.43 Å². The molecule has 1 heterocycles. The lowest BCUT2D eigenvalue weighted by atomic mass is 10.0. The van der Waals surface area contributed by atoms with Gasteiger partial charge in [-0.25, -0.2) is 5.43 Å². The molecule has 0 spiro atoms. The van der Waals surface area contributed by atoms with Crippen molar-refractivity contribution >= 4 is 38.8 Å². The molecule has 3 rings (SSSR count). The predicted molar refractivity (Wildman–Crippen MR) is 92.6 cm³/mol. The Morgan fingerprint density at radius 3 is 2.74 bits per heavy atom. The molecule has 114 valence electrons. The summed E-state index contributed by atoms with van der Waals surface area (Å²) in [5.74, 6) is -0.243. The average Bonchev–Trinajstić information content (AvgIpc) is 2.57. The van der Waals surface area contributed by atoms with Gasteiger partial charge in [-0.15, -0.1) is 0 Å². The summed E-state index contributed by atoms with van der Waals surface area (Å²) < 4.78 is 0.949. The number of amides is 1. The third-order valence-corrected chi connectivity index (χ3v) is 3.80. The number of carbonyl (C=O) groups is 1. The van der Waals surface area contributed by atoms with Crippen LogP contribution in [0.5, 0.6) is 5.75 Å². The van der Waals surface area contributed by atoms with Gasteiger partial charge >= 0.3 is 0 Å². The van der Waals surface area contributed by atoms with Gasteiger partial charge in [-0.05, 0) is 41.1 Å². The minimum atomic E-state index is -0.342. The second-order valence-electron chi connectivity index (χ2n) is 4.80. The zero-order chi connectivity index (χ0) is 16.2. The Bertz CT molecular complexity index is 895. The minimum Gasteiger partial charge on any atom is -0.507 e. The van der Waals surface area contributed by atoms with Crippen molar-refractivity contribution in [2.24, 2.45) is 5.10 Å². The first-order valence-electron chi connectivity index (χ1n) is 6.80. The van der Waals surface area contributed by atoms with Crippen LogP contribution in [0.3, 0.4) is 0 Å². The van der Waals surface area contributed by atoms with Crippen LogP contribution in [0, 0.1) is 0 Å². The number of nitrogens with zero attached hydrogens (tertiary/aromatic N) is 2. The summed E-state index contributed by atoms with van der Waals surface area (Å²) in [4.78, 5) is 15.8. The fourth-order valence-corrected chi connectivity index (χ4v) is 2.55. The third kappa shape index (κ3) is 3.37. The van der Waals surface area contributed by atoms with Crippen molar-refractivity contribution in [1.29, 1.82) is 0 Å². The number of hydrogen-bond acceptors (Lipinski definition) is 4. The number of pyridine rings is 1. The molecule has 1 aromatic heterocycles. The molecule has 1 amide bonds. The molecule has 0 unspecified atom stereocenters. The van der Waals surface area contributed by atoms with Gasteiger partial charge in [0.25, 0.3) is 5.91 Å². The van der Waals surface area contributed by atoms with E-state index in [1.807, 2.05) is 24.3 Å². The normalized spacial score (nSPS) is 11.0. The molecule has 0 aliphatic carbocycles. The van der Waals surface area contributed by atoms with Crippen LogP contribution in [0.25, 0.3) is 10.8 Å². The summed E-state index contributed by atoms with van der Waals surface area (Å²) in [5, 5.41) is 15.8. The molecular formula is C17H12BrN3O2. The van der Waals surface area contributed by atoms with Crippen molar-refractivity contribution in [2.75, 3.05) is 0 Å². The number of phenolic OH excluding ortho intramolecular Hbond substituents is 1. The van der Waals surface area contributed by atoms with E-state index in [9.17, 15) is 9.90 Å². The lowest BCUT2D eigenvalue weighted by Gasteiger charge is -2.05. The molecule has 2 aromatic carbocycles. The molecule has 5 nitrogen and oxygen atoms in total. The molecule has 0 aliphatic heterocycles. The highest BCUT2D eigenvalue weighted by Gasteiger charge is 2.06. The molecule has 3 aromatic rings. The summed E-state index contributed by atoms with van der Waals surface area (Å²) in [7, 11) is 0. The van der Waals surface area contributed by atoms with E-state index in [0.717, 1.165) is 15.2 Å². The maximum absolute atomic E-state index is 11.9. The molecule has 0 atom stereocenters. The van der Waals surface area contributed by atoms with Crippen LogP contribution in [-0.4, -0.2) is 22.2 Å². The van der Waals surface area contributed by atoms with Gasteiger partial charge in [0, 0.05) is 28.0 Å². The largest absolute Gasteiger partial charge is 0.507 e. The number of hydrogen-bond donors (Lipinski definition) is 2. The number of aromatic nitrogens is 1. The fourth-order valence-electron chi connectivity index (χ4n) is 2.17. The van der Waals surface area contributed by atoms with Crippen molar-refractivity contribution in [1.82, 2.24) is 10.4 Å². The SMILES string of the molecule is O=C(N/N=C\c1c(O)ccc2cc(Br)ccc12)c1ccncc1. The number of fused-ring (bicyclic) bond motifs is 1. The number of benzene rings is 2. The zero-order valence-electron chi connectivity index (χ0n) is 11.9. The van der Waals surface area contributed by atoms with Crippen molar-refractivity contribution in [2.45, 2.75) is 0 Å². The van der Waals surface area contributed by atoms with E-state index in [2.05, 4.69) is 31.4 Å². The van der Waals surface area contributed by atoms with Crippen molar-refractivity contribution < 1.29 is 9.90 Å². The van der Waals surface area contributed by atoms with E-state index in [1.165, 1.54) is 18.6 Å². The van der Waals surface area contributed by atoms with Gasteiger partial charge < -0.3 is 5.11 Å². The maximum Gasteiger partial charge on any atom is 0.271 e. The maximum atomic E-state index is 11.9. The first-order valence-corrected chi connectivity index (χ1v) is 7.59. The molecular weight excluding hydrogens is 358 g/mol.